The minimum absolute atomic E-state index is 0.0104. The molecule has 4 nitrogen and oxygen atoms in total. The average molecular weight is 329 g/mol. The Kier molecular flexibility index (Phi) is 4.53. The van der Waals surface area contributed by atoms with E-state index in [9.17, 15) is 5.11 Å². The summed E-state index contributed by atoms with van der Waals surface area (Å²) in [5.41, 5.74) is 2.89. The first-order valence-corrected chi connectivity index (χ1v) is 7.68. The van der Waals surface area contributed by atoms with Gasteiger partial charge in [-0.1, -0.05) is 41.9 Å². The molecule has 23 heavy (non-hydrogen) atoms. The number of aromatic nitrogens is 2. The lowest BCUT2D eigenvalue weighted by Gasteiger charge is -2.13. The maximum Gasteiger partial charge on any atom is 0.230 e. The van der Waals surface area contributed by atoms with Gasteiger partial charge in [0.1, 0.15) is 12.4 Å². The van der Waals surface area contributed by atoms with Crippen LogP contribution >= 0.6 is 11.6 Å². The molecule has 3 aromatic rings. The number of hydrogen-bond donors (Lipinski definition) is 1. The Labute approximate surface area is 139 Å². The highest BCUT2D eigenvalue weighted by Gasteiger charge is 2.09. The molecule has 0 amide bonds. The topological polar surface area (TPSA) is 47.3 Å². The van der Waals surface area contributed by atoms with E-state index in [4.69, 9.17) is 16.3 Å². The van der Waals surface area contributed by atoms with Gasteiger partial charge in [-0.2, -0.15) is 0 Å². The Balaban J connectivity index is 1.81. The minimum atomic E-state index is 0.0104. The van der Waals surface area contributed by atoms with Crippen LogP contribution in [0.3, 0.4) is 0 Å². The zero-order valence-electron chi connectivity index (χ0n) is 12.7. The van der Waals surface area contributed by atoms with Crippen molar-refractivity contribution in [3.05, 3.63) is 76.4 Å². The molecule has 0 aliphatic rings. The summed E-state index contributed by atoms with van der Waals surface area (Å²) in [5, 5.41) is 14.2. The van der Waals surface area contributed by atoms with Crippen LogP contribution in [-0.2, 0) is 13.2 Å². The number of aromatic hydroxyl groups is 1. The van der Waals surface area contributed by atoms with Crippen LogP contribution in [0.5, 0.6) is 11.6 Å². The zero-order chi connectivity index (χ0) is 16.2. The normalized spacial score (nSPS) is 10.7. The van der Waals surface area contributed by atoms with Gasteiger partial charge >= 0.3 is 0 Å². The molecule has 0 radical (unpaired) electrons. The van der Waals surface area contributed by atoms with Gasteiger partial charge in [0.05, 0.1) is 6.54 Å². The highest BCUT2D eigenvalue weighted by molar-refractivity contribution is 6.30. The molecule has 0 saturated heterocycles. The van der Waals surface area contributed by atoms with Crippen LogP contribution in [0.2, 0.25) is 5.02 Å². The van der Waals surface area contributed by atoms with Gasteiger partial charge in [-0.3, -0.25) is 4.68 Å². The molecule has 0 atom stereocenters. The number of aryl methyl sites for hydroxylation is 1. The van der Waals surface area contributed by atoms with Crippen molar-refractivity contribution in [2.24, 2.45) is 0 Å². The number of rotatable bonds is 5. The molecule has 2 aromatic carbocycles. The maximum absolute atomic E-state index is 9.50. The zero-order valence-corrected chi connectivity index (χ0v) is 13.5. The van der Waals surface area contributed by atoms with Crippen molar-refractivity contribution >= 4 is 11.6 Å². The van der Waals surface area contributed by atoms with E-state index in [1.165, 1.54) is 0 Å². The van der Waals surface area contributed by atoms with Crippen LogP contribution in [0.25, 0.3) is 0 Å². The van der Waals surface area contributed by atoms with E-state index in [-0.39, 0.29) is 5.88 Å². The van der Waals surface area contributed by atoms with Crippen molar-refractivity contribution < 1.29 is 9.84 Å². The quantitative estimate of drug-likeness (QED) is 0.764. The van der Waals surface area contributed by atoms with E-state index in [0.717, 1.165) is 22.6 Å². The lowest BCUT2D eigenvalue weighted by Crippen LogP contribution is -2.06. The summed E-state index contributed by atoms with van der Waals surface area (Å²) >= 11 is 6.11. The first-order chi connectivity index (χ1) is 11.1. The third-order valence-corrected chi connectivity index (χ3v) is 3.78. The van der Waals surface area contributed by atoms with E-state index in [0.29, 0.717) is 18.2 Å². The fourth-order valence-electron chi connectivity index (χ4n) is 2.36. The molecule has 0 bridgehead atoms. The number of halogens is 1. The summed E-state index contributed by atoms with van der Waals surface area (Å²) in [4.78, 5) is 0. The molecule has 1 aromatic heterocycles. The third-order valence-electron chi connectivity index (χ3n) is 3.55. The fourth-order valence-corrected chi connectivity index (χ4v) is 2.56. The van der Waals surface area contributed by atoms with Gasteiger partial charge in [-0.05, 0) is 30.7 Å². The van der Waals surface area contributed by atoms with Crippen molar-refractivity contribution in [3.63, 3.8) is 0 Å². The first kappa shape index (κ1) is 15.4. The van der Waals surface area contributed by atoms with Gasteiger partial charge < -0.3 is 9.84 Å². The van der Waals surface area contributed by atoms with Crippen molar-refractivity contribution in [1.29, 1.82) is 0 Å². The molecule has 0 aliphatic heterocycles. The molecule has 1 N–H and O–H groups in total. The van der Waals surface area contributed by atoms with Gasteiger partial charge in [0.2, 0.25) is 5.88 Å². The van der Waals surface area contributed by atoms with E-state index in [1.807, 2.05) is 49.4 Å². The van der Waals surface area contributed by atoms with Crippen molar-refractivity contribution in [2.45, 2.75) is 20.1 Å². The van der Waals surface area contributed by atoms with Crippen molar-refractivity contribution in [1.82, 2.24) is 9.78 Å². The molecule has 1 heterocycles. The summed E-state index contributed by atoms with van der Waals surface area (Å²) in [6.07, 6.45) is 0. The summed E-state index contributed by atoms with van der Waals surface area (Å²) in [5.74, 6) is 0.768. The summed E-state index contributed by atoms with van der Waals surface area (Å²) < 4.78 is 7.65. The Morgan fingerprint density at radius 1 is 1.13 bits per heavy atom. The van der Waals surface area contributed by atoms with Gasteiger partial charge in [-0.15, -0.1) is 5.10 Å². The summed E-state index contributed by atoms with van der Waals surface area (Å²) in [6, 6.07) is 17.1. The Hall–Kier alpha value is -2.46. The number of nitrogens with zero attached hydrogens (tertiary/aromatic N) is 2. The van der Waals surface area contributed by atoms with Crippen LogP contribution in [-0.4, -0.2) is 14.9 Å². The first-order valence-electron chi connectivity index (χ1n) is 7.30. The van der Waals surface area contributed by atoms with Gasteiger partial charge in [-0.25, -0.2) is 0 Å². The second-order valence-electron chi connectivity index (χ2n) is 5.33. The molecule has 0 fully saturated rings. The van der Waals surface area contributed by atoms with E-state index < -0.39 is 0 Å². The predicted octanol–water partition coefficient (Wildman–Crippen LogP) is 4.18. The predicted molar refractivity (Wildman–Crippen MR) is 90.0 cm³/mol. The molecule has 5 heteroatoms. The summed E-state index contributed by atoms with van der Waals surface area (Å²) in [7, 11) is 0. The van der Waals surface area contributed by atoms with Crippen LogP contribution in [0.15, 0.2) is 54.6 Å². The molecule has 0 saturated carbocycles. The smallest absolute Gasteiger partial charge is 0.230 e. The molecule has 3 rings (SSSR count). The monoisotopic (exact) mass is 328 g/mol. The Bertz CT molecular complexity index is 800. The van der Waals surface area contributed by atoms with Crippen molar-refractivity contribution in [3.8, 4) is 11.6 Å². The van der Waals surface area contributed by atoms with Crippen LogP contribution in [0.1, 0.15) is 16.8 Å². The highest BCUT2D eigenvalue weighted by atomic mass is 35.5. The third kappa shape index (κ3) is 3.85. The molecular formula is C18H17ClN2O2. The largest absolute Gasteiger partial charge is 0.492 e. The second-order valence-corrected chi connectivity index (χ2v) is 5.76. The fraction of sp³-hybridized carbons (Fsp3) is 0.167. The molecule has 0 unspecified atom stereocenters. The van der Waals surface area contributed by atoms with Gasteiger partial charge in [0.15, 0.2) is 0 Å². The lowest BCUT2D eigenvalue weighted by molar-refractivity contribution is 0.301. The Morgan fingerprint density at radius 2 is 1.91 bits per heavy atom. The van der Waals surface area contributed by atoms with E-state index in [1.54, 1.807) is 16.8 Å². The standard InChI is InChI=1S/C18H17ClN2O2/c1-13-9-18(22)20-21(13)11-15-10-16(19)7-8-17(15)23-12-14-5-3-2-4-6-14/h2-10H,11-12H2,1H3,(H,20,22). The van der Waals surface area contributed by atoms with Gasteiger partial charge in [0, 0.05) is 22.3 Å². The minimum Gasteiger partial charge on any atom is -0.492 e. The molecule has 0 spiro atoms. The second kappa shape index (κ2) is 6.75. The number of ether oxygens (including phenoxy) is 1. The molecule has 118 valence electrons. The SMILES string of the molecule is Cc1cc(O)nn1Cc1cc(Cl)ccc1OCc1ccccc1. The van der Waals surface area contributed by atoms with Gasteiger partial charge in [0.25, 0.3) is 0 Å². The van der Waals surface area contributed by atoms with Crippen LogP contribution in [0, 0.1) is 6.92 Å². The molecular weight excluding hydrogens is 312 g/mol. The molecule has 0 aliphatic carbocycles. The van der Waals surface area contributed by atoms with E-state index >= 15 is 0 Å². The summed E-state index contributed by atoms with van der Waals surface area (Å²) in [6.45, 7) is 2.86. The number of hydrogen-bond acceptors (Lipinski definition) is 3. The van der Waals surface area contributed by atoms with Crippen LogP contribution < -0.4 is 4.74 Å². The lowest BCUT2D eigenvalue weighted by atomic mass is 10.2. The Morgan fingerprint density at radius 3 is 2.61 bits per heavy atom. The van der Waals surface area contributed by atoms with Crippen LogP contribution in [0.4, 0.5) is 0 Å². The average Bonchev–Trinajstić information content (AvgIpc) is 2.85. The van der Waals surface area contributed by atoms with Crippen molar-refractivity contribution in [2.75, 3.05) is 0 Å². The highest BCUT2D eigenvalue weighted by Crippen LogP contribution is 2.25. The van der Waals surface area contributed by atoms with E-state index in [2.05, 4.69) is 5.10 Å². The maximum atomic E-state index is 9.50. The number of benzene rings is 2.